The Morgan fingerprint density at radius 3 is 1.94 bits per heavy atom. The molecule has 156 valence electrons. The van der Waals surface area contributed by atoms with Crippen LogP contribution in [0.15, 0.2) is 96.7 Å². The average Bonchev–Trinajstić information content (AvgIpc) is 3.08. The quantitative estimate of drug-likeness (QED) is 0.409. The number of nitrogens with one attached hydrogen (secondary N) is 1. The Hall–Kier alpha value is -3.74. The summed E-state index contributed by atoms with van der Waals surface area (Å²) in [6.45, 7) is -0.379. The smallest absolute Gasteiger partial charge is 0.277 e. The van der Waals surface area contributed by atoms with E-state index in [0.717, 1.165) is 4.90 Å². The van der Waals surface area contributed by atoms with Gasteiger partial charge in [-0.15, -0.1) is 0 Å². The maximum atomic E-state index is 12.6. The number of imide groups is 1. The zero-order chi connectivity index (χ0) is 21.8. The molecule has 0 atom stereocenters. The Labute approximate surface area is 180 Å². The van der Waals surface area contributed by atoms with Gasteiger partial charge in [-0.2, -0.15) is 0 Å². The minimum absolute atomic E-state index is 0.0705. The molecule has 2 amide bonds. The van der Waals surface area contributed by atoms with Crippen LogP contribution in [0.3, 0.4) is 0 Å². The number of aliphatic hydroxyl groups excluding tert-OH is 1. The van der Waals surface area contributed by atoms with Crippen molar-refractivity contribution in [1.82, 2.24) is 4.90 Å². The van der Waals surface area contributed by atoms with Crippen LogP contribution >= 0.6 is 0 Å². The molecule has 0 spiro atoms. The molecule has 0 aromatic heterocycles. The molecule has 3 aromatic rings. The highest BCUT2D eigenvalue weighted by Gasteiger charge is 2.37. The lowest BCUT2D eigenvalue weighted by Crippen LogP contribution is -2.35. The molecule has 3 aromatic carbocycles. The lowest BCUT2D eigenvalue weighted by Gasteiger charge is -2.32. The number of nitrogens with zero attached hydrogens (tertiary/aromatic N) is 1. The molecule has 0 radical (unpaired) electrons. The van der Waals surface area contributed by atoms with Crippen molar-refractivity contribution < 1.29 is 19.8 Å². The van der Waals surface area contributed by atoms with E-state index in [9.17, 15) is 14.7 Å². The van der Waals surface area contributed by atoms with Gasteiger partial charge in [-0.1, -0.05) is 78.9 Å². The van der Waals surface area contributed by atoms with E-state index in [4.69, 9.17) is 5.11 Å². The summed E-state index contributed by atoms with van der Waals surface area (Å²) in [6, 6.07) is 25.7. The Morgan fingerprint density at radius 2 is 1.35 bits per heavy atom. The van der Waals surface area contributed by atoms with Crippen LogP contribution in [0.5, 0.6) is 0 Å². The van der Waals surface area contributed by atoms with E-state index in [1.165, 1.54) is 6.08 Å². The monoisotopic (exact) mass is 414 g/mol. The summed E-state index contributed by atoms with van der Waals surface area (Å²) in [5.74, 6) is -1.00. The van der Waals surface area contributed by atoms with Crippen LogP contribution in [-0.4, -0.2) is 40.1 Å². The van der Waals surface area contributed by atoms with Gasteiger partial charge >= 0.3 is 0 Å². The van der Waals surface area contributed by atoms with Crippen molar-refractivity contribution in [2.45, 2.75) is 5.60 Å². The number of hydrogen-bond donors (Lipinski definition) is 3. The summed E-state index contributed by atoms with van der Waals surface area (Å²) in [6.07, 6.45) is 1.21. The van der Waals surface area contributed by atoms with Crippen LogP contribution in [0, 0.1) is 0 Å². The van der Waals surface area contributed by atoms with E-state index in [1.807, 2.05) is 66.7 Å². The van der Waals surface area contributed by atoms with Crippen LogP contribution in [0.1, 0.15) is 16.7 Å². The zero-order valence-corrected chi connectivity index (χ0v) is 16.7. The molecule has 0 fully saturated rings. The minimum atomic E-state index is -1.50. The minimum Gasteiger partial charge on any atom is -0.395 e. The average molecular weight is 414 g/mol. The van der Waals surface area contributed by atoms with E-state index in [1.54, 1.807) is 18.2 Å². The van der Waals surface area contributed by atoms with Crippen molar-refractivity contribution >= 4 is 17.5 Å². The zero-order valence-electron chi connectivity index (χ0n) is 16.7. The van der Waals surface area contributed by atoms with Gasteiger partial charge in [-0.05, 0) is 17.2 Å². The van der Waals surface area contributed by atoms with Crippen molar-refractivity contribution in [3.63, 3.8) is 0 Å². The highest BCUT2D eigenvalue weighted by Crippen LogP contribution is 2.40. The van der Waals surface area contributed by atoms with Crippen molar-refractivity contribution in [2.24, 2.45) is 0 Å². The standard InChI is InChI=1S/C25H22N2O4/c28-16-15-27-23(29)17-22(24(27)30)26-21-14-8-7-13-20(21)25(31,18-9-3-1-4-10-18)19-11-5-2-6-12-19/h1-14,17,26,28,31H,15-16H2. The molecule has 6 nitrogen and oxygen atoms in total. The van der Waals surface area contributed by atoms with Crippen LogP contribution in [-0.2, 0) is 15.2 Å². The number of hydrogen-bond acceptors (Lipinski definition) is 5. The SMILES string of the molecule is O=C1C=C(Nc2ccccc2C(O)(c2ccccc2)c2ccccc2)C(=O)N1CCO. The molecular weight excluding hydrogens is 392 g/mol. The maximum absolute atomic E-state index is 12.6. The van der Waals surface area contributed by atoms with E-state index >= 15 is 0 Å². The molecule has 1 aliphatic heterocycles. The van der Waals surface area contributed by atoms with Crippen molar-refractivity contribution in [3.05, 3.63) is 113 Å². The predicted octanol–water partition coefficient (Wildman–Crippen LogP) is 2.63. The molecule has 0 saturated carbocycles. The molecular formula is C25H22N2O4. The molecule has 4 rings (SSSR count). The maximum Gasteiger partial charge on any atom is 0.277 e. The van der Waals surface area contributed by atoms with Gasteiger partial charge in [0.1, 0.15) is 11.3 Å². The number of carbonyl (C=O) groups excluding carboxylic acids is 2. The van der Waals surface area contributed by atoms with Crippen molar-refractivity contribution in [3.8, 4) is 0 Å². The second kappa shape index (κ2) is 8.55. The summed E-state index contributed by atoms with van der Waals surface area (Å²) < 4.78 is 0. The molecule has 1 heterocycles. The molecule has 0 unspecified atom stereocenters. The molecule has 6 heteroatoms. The third-order valence-electron chi connectivity index (χ3n) is 5.30. The van der Waals surface area contributed by atoms with Crippen LogP contribution in [0.25, 0.3) is 0 Å². The first-order chi connectivity index (χ1) is 15.1. The normalized spacial score (nSPS) is 14.0. The number of anilines is 1. The topological polar surface area (TPSA) is 89.9 Å². The predicted molar refractivity (Wildman–Crippen MR) is 117 cm³/mol. The summed E-state index contributed by atoms with van der Waals surface area (Å²) >= 11 is 0. The van der Waals surface area contributed by atoms with Gasteiger partial charge in [-0.3, -0.25) is 14.5 Å². The van der Waals surface area contributed by atoms with E-state index in [2.05, 4.69) is 5.32 Å². The first-order valence-corrected chi connectivity index (χ1v) is 9.94. The molecule has 0 saturated heterocycles. The Balaban J connectivity index is 1.80. The molecule has 0 aliphatic carbocycles. The first-order valence-electron chi connectivity index (χ1n) is 9.94. The fraction of sp³-hybridized carbons (Fsp3) is 0.120. The summed E-state index contributed by atoms with van der Waals surface area (Å²) in [7, 11) is 0. The fourth-order valence-electron chi connectivity index (χ4n) is 3.80. The largest absolute Gasteiger partial charge is 0.395 e. The highest BCUT2D eigenvalue weighted by atomic mass is 16.3. The number of β-amino-alcohol motifs (C(OH)–C–C–N with tert-alkyl or cyclic N) is 1. The van der Waals surface area contributed by atoms with Gasteiger partial charge in [0.25, 0.3) is 11.8 Å². The van der Waals surface area contributed by atoms with E-state index in [0.29, 0.717) is 22.4 Å². The van der Waals surface area contributed by atoms with Gasteiger partial charge in [0.15, 0.2) is 0 Å². The van der Waals surface area contributed by atoms with E-state index < -0.39 is 17.4 Å². The Kier molecular flexibility index (Phi) is 5.66. The van der Waals surface area contributed by atoms with E-state index in [-0.39, 0.29) is 18.8 Å². The third-order valence-corrected chi connectivity index (χ3v) is 5.30. The number of carbonyl (C=O) groups is 2. The summed E-state index contributed by atoms with van der Waals surface area (Å²) in [5, 5.41) is 24.2. The second-order valence-corrected chi connectivity index (χ2v) is 7.19. The molecule has 3 N–H and O–H groups in total. The van der Waals surface area contributed by atoms with Crippen LogP contribution < -0.4 is 5.32 Å². The van der Waals surface area contributed by atoms with Gasteiger partial charge in [-0.25, -0.2) is 0 Å². The highest BCUT2D eigenvalue weighted by molar-refractivity contribution is 6.17. The number of benzene rings is 3. The lowest BCUT2D eigenvalue weighted by molar-refractivity contribution is -0.137. The summed E-state index contributed by atoms with van der Waals surface area (Å²) in [4.78, 5) is 25.7. The third kappa shape index (κ3) is 3.74. The van der Waals surface area contributed by atoms with Crippen LogP contribution in [0.2, 0.25) is 0 Å². The Morgan fingerprint density at radius 1 is 0.806 bits per heavy atom. The van der Waals surface area contributed by atoms with Crippen molar-refractivity contribution in [2.75, 3.05) is 18.5 Å². The molecule has 0 bridgehead atoms. The van der Waals surface area contributed by atoms with Gasteiger partial charge in [0.05, 0.1) is 13.2 Å². The van der Waals surface area contributed by atoms with Gasteiger partial charge in [0.2, 0.25) is 0 Å². The number of aliphatic hydroxyl groups is 2. The van der Waals surface area contributed by atoms with Gasteiger partial charge < -0.3 is 15.5 Å². The molecule has 1 aliphatic rings. The lowest BCUT2D eigenvalue weighted by atomic mass is 9.79. The first kappa shape index (κ1) is 20.5. The summed E-state index contributed by atoms with van der Waals surface area (Å²) in [5.41, 5.74) is 0.961. The molecule has 31 heavy (non-hydrogen) atoms. The number of para-hydroxylation sites is 1. The Bertz CT molecular complexity index is 1090. The van der Waals surface area contributed by atoms with Gasteiger partial charge in [0, 0.05) is 17.3 Å². The fourth-order valence-corrected chi connectivity index (χ4v) is 3.80. The van der Waals surface area contributed by atoms with Crippen molar-refractivity contribution in [1.29, 1.82) is 0 Å². The number of rotatable bonds is 7. The number of amides is 2. The second-order valence-electron chi connectivity index (χ2n) is 7.19. The van der Waals surface area contributed by atoms with Crippen LogP contribution in [0.4, 0.5) is 5.69 Å².